The molecule has 2 amide bonds. The third-order valence-corrected chi connectivity index (χ3v) is 3.92. The van der Waals surface area contributed by atoms with Gasteiger partial charge in [0.2, 0.25) is 5.91 Å². The number of amides is 2. The fraction of sp³-hybridized carbons (Fsp3) is 0.158. The molecule has 0 saturated heterocycles. The molecule has 1 atom stereocenters. The molecule has 0 aliphatic rings. The highest BCUT2D eigenvalue weighted by atomic mass is 35.5. The number of nitriles is 2. The van der Waals surface area contributed by atoms with Gasteiger partial charge in [-0.1, -0.05) is 41.9 Å². The lowest BCUT2D eigenvalue weighted by molar-refractivity contribution is -0.120. The maximum Gasteiger partial charge on any atom is 0.257 e. The summed E-state index contributed by atoms with van der Waals surface area (Å²) in [5.74, 6) is -2.75. The van der Waals surface area contributed by atoms with E-state index in [0.717, 1.165) is 0 Å². The first-order valence-electron chi connectivity index (χ1n) is 7.49. The van der Waals surface area contributed by atoms with Gasteiger partial charge in [-0.2, -0.15) is 10.5 Å². The number of halogens is 1. The Morgan fingerprint density at radius 3 is 2.16 bits per heavy atom. The fourth-order valence-electron chi connectivity index (χ4n) is 2.39. The first kappa shape index (κ1) is 18.2. The summed E-state index contributed by atoms with van der Waals surface area (Å²) in [5, 5.41) is 21.2. The van der Waals surface area contributed by atoms with E-state index >= 15 is 0 Å². The zero-order valence-corrected chi connectivity index (χ0v) is 13.9. The summed E-state index contributed by atoms with van der Waals surface area (Å²) in [6.45, 7) is 0. The van der Waals surface area contributed by atoms with Gasteiger partial charge in [-0.25, -0.2) is 0 Å². The third-order valence-electron chi connectivity index (χ3n) is 3.67. The molecule has 25 heavy (non-hydrogen) atoms. The molecule has 6 heteroatoms. The highest BCUT2D eigenvalue weighted by Crippen LogP contribution is 2.28. The van der Waals surface area contributed by atoms with Gasteiger partial charge in [0.1, 0.15) is 5.92 Å². The number of carbonyl (C=O) groups is 2. The van der Waals surface area contributed by atoms with Crippen molar-refractivity contribution < 1.29 is 9.59 Å². The molecule has 0 bridgehead atoms. The Labute approximate surface area is 150 Å². The van der Waals surface area contributed by atoms with Crippen LogP contribution in [0.4, 0.5) is 0 Å². The molecule has 0 unspecified atom stereocenters. The predicted molar refractivity (Wildman–Crippen MR) is 92.4 cm³/mol. The van der Waals surface area contributed by atoms with E-state index in [1.165, 1.54) is 0 Å². The van der Waals surface area contributed by atoms with E-state index in [1.807, 2.05) is 12.1 Å². The SMILES string of the molecule is N#CC(C#N)[C@@H](CC(=O)NC(=O)c1ccccc1)c1ccc(Cl)cc1. The minimum Gasteiger partial charge on any atom is -0.292 e. The van der Waals surface area contributed by atoms with Crippen LogP contribution >= 0.6 is 11.6 Å². The minimum atomic E-state index is -1.02. The number of nitrogens with zero attached hydrogens (tertiary/aromatic N) is 2. The second kappa shape index (κ2) is 8.63. The van der Waals surface area contributed by atoms with Gasteiger partial charge in [-0.15, -0.1) is 0 Å². The zero-order valence-electron chi connectivity index (χ0n) is 13.1. The molecule has 0 aliphatic heterocycles. The van der Waals surface area contributed by atoms with Gasteiger partial charge in [-0.05, 0) is 29.8 Å². The summed E-state index contributed by atoms with van der Waals surface area (Å²) in [7, 11) is 0. The molecular formula is C19H14ClN3O2. The van der Waals surface area contributed by atoms with Crippen LogP contribution in [0.25, 0.3) is 0 Å². The molecular weight excluding hydrogens is 338 g/mol. The number of hydrogen-bond acceptors (Lipinski definition) is 4. The summed E-state index contributed by atoms with van der Waals surface area (Å²) >= 11 is 5.85. The topological polar surface area (TPSA) is 93.8 Å². The van der Waals surface area contributed by atoms with Crippen LogP contribution in [-0.2, 0) is 4.79 Å². The molecule has 0 heterocycles. The highest BCUT2D eigenvalue weighted by Gasteiger charge is 2.26. The molecule has 0 spiro atoms. The highest BCUT2D eigenvalue weighted by molar-refractivity contribution is 6.30. The average molecular weight is 352 g/mol. The zero-order chi connectivity index (χ0) is 18.2. The molecule has 5 nitrogen and oxygen atoms in total. The van der Waals surface area contributed by atoms with E-state index in [2.05, 4.69) is 5.32 Å². The standard InChI is InChI=1S/C19H14ClN3O2/c20-16-8-6-13(7-9-16)17(15(11-21)12-22)10-18(24)23-19(25)14-4-2-1-3-5-14/h1-9,15,17H,10H2,(H,23,24,25)/t17-/m0/s1. The molecule has 2 rings (SSSR count). The van der Waals surface area contributed by atoms with E-state index in [4.69, 9.17) is 11.6 Å². The summed E-state index contributed by atoms with van der Waals surface area (Å²) in [6.07, 6.45) is -0.161. The fourth-order valence-corrected chi connectivity index (χ4v) is 2.51. The summed E-state index contributed by atoms with van der Waals surface area (Å²) in [4.78, 5) is 24.3. The van der Waals surface area contributed by atoms with Crippen LogP contribution in [0.5, 0.6) is 0 Å². The average Bonchev–Trinajstić information content (AvgIpc) is 2.63. The first-order valence-corrected chi connectivity index (χ1v) is 7.87. The van der Waals surface area contributed by atoms with Crippen molar-refractivity contribution in [3.05, 3.63) is 70.7 Å². The summed E-state index contributed by atoms with van der Waals surface area (Å²) < 4.78 is 0. The minimum absolute atomic E-state index is 0.161. The summed E-state index contributed by atoms with van der Waals surface area (Å²) in [5.41, 5.74) is 0.996. The Morgan fingerprint density at radius 1 is 1.00 bits per heavy atom. The van der Waals surface area contributed by atoms with Crippen LogP contribution in [-0.4, -0.2) is 11.8 Å². The number of benzene rings is 2. The maximum atomic E-state index is 12.2. The Bertz CT molecular complexity index is 822. The largest absolute Gasteiger partial charge is 0.292 e. The van der Waals surface area contributed by atoms with Crippen LogP contribution in [0, 0.1) is 28.6 Å². The Hall–Kier alpha value is -3.15. The van der Waals surface area contributed by atoms with E-state index in [0.29, 0.717) is 16.1 Å². The molecule has 0 aromatic heterocycles. The predicted octanol–water partition coefficient (Wildman–Crippen LogP) is 3.43. The monoisotopic (exact) mass is 351 g/mol. The second-order valence-electron chi connectivity index (χ2n) is 5.34. The van der Waals surface area contributed by atoms with Gasteiger partial charge >= 0.3 is 0 Å². The first-order chi connectivity index (χ1) is 12.0. The Kier molecular flexibility index (Phi) is 6.28. The number of hydrogen-bond donors (Lipinski definition) is 1. The second-order valence-corrected chi connectivity index (χ2v) is 5.78. The van der Waals surface area contributed by atoms with Crippen molar-refractivity contribution >= 4 is 23.4 Å². The van der Waals surface area contributed by atoms with Gasteiger partial charge in [0.25, 0.3) is 5.91 Å². The molecule has 124 valence electrons. The molecule has 0 aliphatic carbocycles. The van der Waals surface area contributed by atoms with Gasteiger partial charge in [0.15, 0.2) is 0 Å². The Morgan fingerprint density at radius 2 is 1.60 bits per heavy atom. The number of carbonyl (C=O) groups excluding carboxylic acids is 2. The van der Waals surface area contributed by atoms with Gasteiger partial charge in [0, 0.05) is 22.9 Å². The van der Waals surface area contributed by atoms with E-state index < -0.39 is 23.7 Å². The summed E-state index contributed by atoms with van der Waals surface area (Å²) in [6, 6.07) is 18.7. The van der Waals surface area contributed by atoms with Gasteiger partial charge in [0.05, 0.1) is 12.1 Å². The normalized spacial score (nSPS) is 11.2. The van der Waals surface area contributed by atoms with Gasteiger partial charge < -0.3 is 0 Å². The lowest BCUT2D eigenvalue weighted by atomic mass is 9.85. The number of rotatable bonds is 5. The van der Waals surface area contributed by atoms with Crippen molar-refractivity contribution in [1.29, 1.82) is 10.5 Å². The lowest BCUT2D eigenvalue weighted by Crippen LogP contribution is -2.32. The van der Waals surface area contributed by atoms with Crippen molar-refractivity contribution in [1.82, 2.24) is 5.32 Å². The van der Waals surface area contributed by atoms with Crippen LogP contribution < -0.4 is 5.32 Å². The molecule has 2 aromatic rings. The van der Waals surface area contributed by atoms with Crippen LogP contribution in [0.1, 0.15) is 28.3 Å². The van der Waals surface area contributed by atoms with Crippen LogP contribution in [0.15, 0.2) is 54.6 Å². The van der Waals surface area contributed by atoms with Crippen molar-refractivity contribution in [2.75, 3.05) is 0 Å². The molecule has 0 radical (unpaired) electrons. The lowest BCUT2D eigenvalue weighted by Gasteiger charge is -2.17. The van der Waals surface area contributed by atoms with Crippen molar-refractivity contribution in [2.24, 2.45) is 5.92 Å². The van der Waals surface area contributed by atoms with Gasteiger partial charge in [-0.3, -0.25) is 14.9 Å². The van der Waals surface area contributed by atoms with Crippen molar-refractivity contribution in [2.45, 2.75) is 12.3 Å². The smallest absolute Gasteiger partial charge is 0.257 e. The molecule has 1 N–H and O–H groups in total. The number of imide groups is 1. The quantitative estimate of drug-likeness (QED) is 0.892. The third kappa shape index (κ3) is 4.91. The number of nitrogens with one attached hydrogen (secondary N) is 1. The Balaban J connectivity index is 2.15. The van der Waals surface area contributed by atoms with E-state index in [-0.39, 0.29) is 6.42 Å². The van der Waals surface area contributed by atoms with E-state index in [1.54, 1.807) is 54.6 Å². The van der Waals surface area contributed by atoms with Crippen molar-refractivity contribution in [3.8, 4) is 12.1 Å². The maximum absolute atomic E-state index is 12.2. The van der Waals surface area contributed by atoms with Crippen LogP contribution in [0.3, 0.4) is 0 Å². The molecule has 0 fully saturated rings. The van der Waals surface area contributed by atoms with E-state index in [9.17, 15) is 20.1 Å². The molecule has 2 aromatic carbocycles. The van der Waals surface area contributed by atoms with Crippen molar-refractivity contribution in [3.63, 3.8) is 0 Å². The van der Waals surface area contributed by atoms with Crippen LogP contribution in [0.2, 0.25) is 5.02 Å². The molecule has 0 saturated carbocycles.